The molecule has 1 aromatic rings. The van der Waals surface area contributed by atoms with E-state index >= 15 is 0 Å². The summed E-state index contributed by atoms with van der Waals surface area (Å²) in [6.07, 6.45) is 9.62. The van der Waals surface area contributed by atoms with Gasteiger partial charge >= 0.3 is 5.97 Å². The number of aliphatic carboxylic acids is 1. The number of allylic oxidation sites excluding steroid dienone is 2. The van der Waals surface area contributed by atoms with Gasteiger partial charge in [-0.05, 0) is 18.8 Å². The third-order valence-corrected chi connectivity index (χ3v) is 2.77. The van der Waals surface area contributed by atoms with Crippen molar-refractivity contribution in [1.82, 2.24) is 9.78 Å². The normalized spacial score (nSPS) is 17.9. The van der Waals surface area contributed by atoms with Gasteiger partial charge in [0.25, 0.3) is 0 Å². The molecule has 1 atom stereocenters. The van der Waals surface area contributed by atoms with Gasteiger partial charge in [-0.25, -0.2) is 0 Å². The number of carboxylic acids is 1. The molecule has 1 aromatic heterocycles. The average Bonchev–Trinajstić information content (AvgIpc) is 2.89. The molecule has 0 aliphatic heterocycles. The van der Waals surface area contributed by atoms with E-state index in [2.05, 4.69) is 22.6 Å². The number of rotatable bonds is 5. The van der Waals surface area contributed by atoms with Gasteiger partial charge in [-0.15, -0.1) is 0 Å². The molecule has 1 unspecified atom stereocenters. The van der Waals surface area contributed by atoms with Crippen LogP contribution < -0.4 is 5.32 Å². The fourth-order valence-electron chi connectivity index (χ4n) is 1.97. The summed E-state index contributed by atoms with van der Waals surface area (Å²) in [5.41, 5.74) is 0.531. The Kier molecular flexibility index (Phi) is 3.76. The van der Waals surface area contributed by atoms with Crippen LogP contribution in [0.25, 0.3) is 0 Å². The topological polar surface area (TPSA) is 84.2 Å². The maximum Gasteiger partial charge on any atom is 0.325 e. The lowest BCUT2D eigenvalue weighted by Crippen LogP contribution is -2.14. The molecule has 6 nitrogen and oxygen atoms in total. The highest BCUT2D eigenvalue weighted by Gasteiger charge is 2.14. The molecule has 0 spiro atoms. The van der Waals surface area contributed by atoms with Crippen LogP contribution in [-0.2, 0) is 16.1 Å². The predicted octanol–water partition coefficient (Wildman–Crippen LogP) is 1.26. The van der Waals surface area contributed by atoms with E-state index in [9.17, 15) is 9.59 Å². The Balaban J connectivity index is 1.84. The smallest absolute Gasteiger partial charge is 0.325 e. The van der Waals surface area contributed by atoms with Crippen molar-refractivity contribution in [3.05, 3.63) is 24.5 Å². The number of carbonyl (C=O) groups is 2. The number of hydrogen-bond donors (Lipinski definition) is 2. The second-order valence-corrected chi connectivity index (χ2v) is 4.34. The van der Waals surface area contributed by atoms with Crippen LogP contribution in [0.1, 0.15) is 19.3 Å². The molecule has 1 aliphatic rings. The van der Waals surface area contributed by atoms with E-state index in [0.29, 0.717) is 18.0 Å². The number of nitrogens with one attached hydrogen (secondary N) is 1. The van der Waals surface area contributed by atoms with E-state index in [4.69, 9.17) is 5.11 Å². The molecule has 0 bridgehead atoms. The second-order valence-electron chi connectivity index (χ2n) is 4.34. The Bertz CT molecular complexity index is 479. The minimum absolute atomic E-state index is 0.0681. The molecule has 96 valence electrons. The fraction of sp³-hybridized carbons (Fsp3) is 0.417. The molecular formula is C12H15N3O3. The molecule has 0 radical (unpaired) electrons. The van der Waals surface area contributed by atoms with Crippen LogP contribution in [0.4, 0.5) is 5.69 Å². The first-order valence-corrected chi connectivity index (χ1v) is 5.84. The van der Waals surface area contributed by atoms with Gasteiger partial charge in [0.2, 0.25) is 5.91 Å². The van der Waals surface area contributed by atoms with Crippen LogP contribution in [0.5, 0.6) is 0 Å². The van der Waals surface area contributed by atoms with Gasteiger partial charge in [-0.1, -0.05) is 12.2 Å². The molecule has 2 rings (SSSR count). The molecule has 1 amide bonds. The fourth-order valence-corrected chi connectivity index (χ4v) is 1.97. The summed E-state index contributed by atoms with van der Waals surface area (Å²) < 4.78 is 1.27. The van der Waals surface area contributed by atoms with Gasteiger partial charge in [0.15, 0.2) is 0 Å². The lowest BCUT2D eigenvalue weighted by molar-refractivity contribution is -0.137. The van der Waals surface area contributed by atoms with Crippen molar-refractivity contribution in [1.29, 1.82) is 0 Å². The predicted molar refractivity (Wildman–Crippen MR) is 65.0 cm³/mol. The lowest BCUT2D eigenvalue weighted by Gasteiger charge is -2.06. The number of nitrogens with zero attached hydrogens (tertiary/aromatic N) is 2. The van der Waals surface area contributed by atoms with E-state index in [1.54, 1.807) is 0 Å². The van der Waals surface area contributed by atoms with Crippen LogP contribution in [0, 0.1) is 5.92 Å². The van der Waals surface area contributed by atoms with E-state index in [0.717, 1.165) is 12.8 Å². The molecule has 0 aromatic carbocycles. The second kappa shape index (κ2) is 5.48. The first-order valence-electron chi connectivity index (χ1n) is 5.84. The Morgan fingerprint density at radius 1 is 1.56 bits per heavy atom. The molecule has 0 fully saturated rings. The minimum atomic E-state index is -0.966. The maximum atomic E-state index is 11.7. The number of anilines is 1. The summed E-state index contributed by atoms with van der Waals surface area (Å²) >= 11 is 0. The quantitative estimate of drug-likeness (QED) is 0.769. The van der Waals surface area contributed by atoms with E-state index in [1.165, 1.54) is 17.1 Å². The van der Waals surface area contributed by atoms with Crippen LogP contribution in [0.2, 0.25) is 0 Å². The molecule has 0 saturated carbocycles. The van der Waals surface area contributed by atoms with Crippen LogP contribution in [0.3, 0.4) is 0 Å². The van der Waals surface area contributed by atoms with Gasteiger partial charge in [0.1, 0.15) is 6.54 Å². The maximum absolute atomic E-state index is 11.7. The third-order valence-electron chi connectivity index (χ3n) is 2.77. The van der Waals surface area contributed by atoms with Crippen molar-refractivity contribution in [2.24, 2.45) is 5.92 Å². The van der Waals surface area contributed by atoms with Gasteiger partial charge in [0, 0.05) is 12.6 Å². The first-order chi connectivity index (χ1) is 8.63. The van der Waals surface area contributed by atoms with Crippen molar-refractivity contribution in [3.63, 3.8) is 0 Å². The van der Waals surface area contributed by atoms with Crippen molar-refractivity contribution in [2.45, 2.75) is 25.8 Å². The molecule has 18 heavy (non-hydrogen) atoms. The highest BCUT2D eigenvalue weighted by atomic mass is 16.4. The summed E-state index contributed by atoms with van der Waals surface area (Å²) in [5.74, 6) is -0.715. The van der Waals surface area contributed by atoms with E-state index in [-0.39, 0.29) is 12.5 Å². The zero-order valence-corrected chi connectivity index (χ0v) is 9.87. The van der Waals surface area contributed by atoms with Crippen molar-refractivity contribution in [3.8, 4) is 0 Å². The van der Waals surface area contributed by atoms with Crippen molar-refractivity contribution in [2.75, 3.05) is 5.32 Å². The molecule has 1 aliphatic carbocycles. The Morgan fingerprint density at radius 3 is 3.06 bits per heavy atom. The molecule has 2 N–H and O–H groups in total. The van der Waals surface area contributed by atoms with Gasteiger partial charge in [0.05, 0.1) is 11.9 Å². The Hall–Kier alpha value is -2.11. The lowest BCUT2D eigenvalue weighted by atomic mass is 10.1. The van der Waals surface area contributed by atoms with Gasteiger partial charge in [-0.2, -0.15) is 5.10 Å². The molecule has 1 heterocycles. The van der Waals surface area contributed by atoms with E-state index in [1.807, 2.05) is 0 Å². The van der Waals surface area contributed by atoms with Crippen LogP contribution in [-0.4, -0.2) is 26.8 Å². The highest BCUT2D eigenvalue weighted by Crippen LogP contribution is 2.20. The molecule has 6 heteroatoms. The average molecular weight is 249 g/mol. The summed E-state index contributed by atoms with van der Waals surface area (Å²) in [7, 11) is 0. The van der Waals surface area contributed by atoms with Crippen LogP contribution >= 0.6 is 0 Å². The summed E-state index contributed by atoms with van der Waals surface area (Å²) in [6, 6.07) is 0. The largest absolute Gasteiger partial charge is 0.480 e. The standard InChI is InChI=1S/C12H15N3O3/c16-11(5-9-3-1-2-4-9)14-10-6-13-15(7-10)8-12(17)18/h1,3,6-7,9H,2,4-5,8H2,(H,14,16)(H,17,18). The Morgan fingerprint density at radius 2 is 2.39 bits per heavy atom. The monoisotopic (exact) mass is 249 g/mol. The highest BCUT2D eigenvalue weighted by molar-refractivity contribution is 5.90. The van der Waals surface area contributed by atoms with Gasteiger partial charge in [-0.3, -0.25) is 14.3 Å². The van der Waals surface area contributed by atoms with Crippen molar-refractivity contribution >= 4 is 17.6 Å². The summed E-state index contributed by atoms with van der Waals surface area (Å²) in [6.45, 7) is -0.207. The number of hydrogen-bond acceptors (Lipinski definition) is 3. The van der Waals surface area contributed by atoms with E-state index < -0.39 is 5.97 Å². The number of aromatic nitrogens is 2. The molecule has 0 saturated heterocycles. The van der Waals surface area contributed by atoms with Crippen LogP contribution in [0.15, 0.2) is 24.5 Å². The first kappa shape index (κ1) is 12.3. The molecular weight excluding hydrogens is 234 g/mol. The number of amides is 1. The number of carbonyl (C=O) groups excluding carboxylic acids is 1. The van der Waals surface area contributed by atoms with Gasteiger partial charge < -0.3 is 10.4 Å². The van der Waals surface area contributed by atoms with Crippen molar-refractivity contribution < 1.29 is 14.7 Å². The minimum Gasteiger partial charge on any atom is -0.480 e. The SMILES string of the molecule is O=C(O)Cn1cc(NC(=O)CC2C=CCC2)cn1. The number of carboxylic acid groups (broad SMARTS) is 1. The summed E-state index contributed by atoms with van der Waals surface area (Å²) in [4.78, 5) is 22.2. The zero-order valence-electron chi connectivity index (χ0n) is 9.87. The third kappa shape index (κ3) is 3.44. The zero-order chi connectivity index (χ0) is 13.0. The summed E-state index contributed by atoms with van der Waals surface area (Å²) in [5, 5.41) is 15.2. The Labute approximate surface area is 104 Å².